The molecule has 4 heteroatoms. The highest BCUT2D eigenvalue weighted by Crippen LogP contribution is 2.25. The topological polar surface area (TPSA) is 29.5 Å². The van der Waals surface area contributed by atoms with Gasteiger partial charge in [-0.3, -0.25) is 0 Å². The van der Waals surface area contributed by atoms with Crippen molar-refractivity contribution in [2.75, 3.05) is 19.0 Å². The second-order valence-corrected chi connectivity index (χ2v) is 5.92. The number of nitrogens with zero attached hydrogens (tertiary/aromatic N) is 1. The van der Waals surface area contributed by atoms with Crippen molar-refractivity contribution in [1.82, 2.24) is 4.90 Å². The summed E-state index contributed by atoms with van der Waals surface area (Å²) in [7, 11) is 0. The first-order chi connectivity index (χ1) is 7.33. The lowest BCUT2D eigenvalue weighted by Crippen LogP contribution is -2.45. The lowest BCUT2D eigenvalue weighted by Gasteiger charge is -2.36. The van der Waals surface area contributed by atoms with E-state index >= 15 is 0 Å². The molecule has 0 aromatic rings. The minimum Gasteiger partial charge on any atom is -0.444 e. The zero-order valence-corrected chi connectivity index (χ0v) is 11.4. The maximum atomic E-state index is 11.8. The van der Waals surface area contributed by atoms with Gasteiger partial charge in [0.15, 0.2) is 0 Å². The van der Waals surface area contributed by atoms with Crippen LogP contribution in [0.1, 0.15) is 34.1 Å². The molecule has 3 nitrogen and oxygen atoms in total. The van der Waals surface area contributed by atoms with E-state index in [0.29, 0.717) is 17.7 Å². The molecule has 94 valence electrons. The molecule has 0 aromatic heterocycles. The first kappa shape index (κ1) is 13.6. The highest BCUT2D eigenvalue weighted by molar-refractivity contribution is 6.18. The monoisotopic (exact) mass is 247 g/mol. The summed E-state index contributed by atoms with van der Waals surface area (Å²) in [5.74, 6) is 1.67. The Balaban J connectivity index is 2.48. The maximum absolute atomic E-state index is 11.8. The van der Waals surface area contributed by atoms with Crippen molar-refractivity contribution < 1.29 is 9.53 Å². The normalized spacial score (nSPS) is 26.7. The van der Waals surface area contributed by atoms with Crippen molar-refractivity contribution in [1.29, 1.82) is 0 Å². The summed E-state index contributed by atoms with van der Waals surface area (Å²) < 4.78 is 5.35. The number of likely N-dealkylation sites (tertiary alicyclic amines) is 1. The van der Waals surface area contributed by atoms with Crippen molar-refractivity contribution >= 4 is 17.7 Å². The zero-order chi connectivity index (χ0) is 12.3. The van der Waals surface area contributed by atoms with Gasteiger partial charge in [-0.2, -0.15) is 0 Å². The average molecular weight is 248 g/mol. The molecule has 0 N–H and O–H groups in total. The van der Waals surface area contributed by atoms with E-state index in [4.69, 9.17) is 16.3 Å². The van der Waals surface area contributed by atoms with E-state index in [2.05, 4.69) is 6.92 Å². The van der Waals surface area contributed by atoms with E-state index in [9.17, 15) is 4.79 Å². The van der Waals surface area contributed by atoms with Crippen molar-refractivity contribution in [3.05, 3.63) is 0 Å². The molecule has 0 aromatic carbocycles. The van der Waals surface area contributed by atoms with Gasteiger partial charge in [-0.05, 0) is 39.0 Å². The Morgan fingerprint density at radius 3 is 2.56 bits per heavy atom. The number of rotatable bonds is 1. The first-order valence-corrected chi connectivity index (χ1v) is 6.41. The molecule has 0 saturated carbocycles. The van der Waals surface area contributed by atoms with Crippen LogP contribution in [0.15, 0.2) is 0 Å². The lowest BCUT2D eigenvalue weighted by atomic mass is 9.89. The van der Waals surface area contributed by atoms with E-state index < -0.39 is 5.60 Å². The third kappa shape index (κ3) is 3.85. The predicted octanol–water partition coefficient (Wildman–Crippen LogP) is 3.12. The van der Waals surface area contributed by atoms with Crippen LogP contribution < -0.4 is 0 Å². The number of amides is 1. The zero-order valence-electron chi connectivity index (χ0n) is 10.6. The number of ether oxygens (including phenoxy) is 1. The summed E-state index contributed by atoms with van der Waals surface area (Å²) in [6.07, 6.45) is 0.775. The highest BCUT2D eigenvalue weighted by Gasteiger charge is 2.30. The first-order valence-electron chi connectivity index (χ1n) is 5.87. The van der Waals surface area contributed by atoms with E-state index in [1.165, 1.54) is 0 Å². The van der Waals surface area contributed by atoms with Crippen LogP contribution in [0.4, 0.5) is 4.79 Å². The minimum atomic E-state index is -0.413. The third-order valence-electron chi connectivity index (χ3n) is 2.93. The summed E-state index contributed by atoms with van der Waals surface area (Å²) in [6, 6.07) is 0. The fourth-order valence-electron chi connectivity index (χ4n) is 1.92. The number of carbonyl (C=O) groups excluding carboxylic acids is 1. The van der Waals surface area contributed by atoms with Gasteiger partial charge in [-0.25, -0.2) is 4.79 Å². The summed E-state index contributed by atoms with van der Waals surface area (Å²) in [5.41, 5.74) is -0.413. The Morgan fingerprint density at radius 2 is 2.12 bits per heavy atom. The van der Waals surface area contributed by atoms with Crippen LogP contribution >= 0.6 is 11.6 Å². The maximum Gasteiger partial charge on any atom is 0.410 e. The Hall–Kier alpha value is -0.440. The fourth-order valence-corrected chi connectivity index (χ4v) is 2.37. The molecule has 2 unspecified atom stereocenters. The molecule has 1 aliphatic rings. The smallest absolute Gasteiger partial charge is 0.410 e. The molecule has 1 amide bonds. The summed E-state index contributed by atoms with van der Waals surface area (Å²) in [6.45, 7) is 9.33. The Labute approximate surface area is 103 Å². The number of alkyl halides is 1. The van der Waals surface area contributed by atoms with Gasteiger partial charge >= 0.3 is 6.09 Å². The number of carbonyl (C=O) groups is 1. The minimum absolute atomic E-state index is 0.202. The Morgan fingerprint density at radius 1 is 1.50 bits per heavy atom. The Kier molecular flexibility index (Phi) is 4.48. The molecule has 1 heterocycles. The molecular weight excluding hydrogens is 226 g/mol. The second kappa shape index (κ2) is 5.26. The van der Waals surface area contributed by atoms with Crippen LogP contribution in [0, 0.1) is 11.8 Å². The number of hydrogen-bond acceptors (Lipinski definition) is 2. The molecule has 1 saturated heterocycles. The van der Waals surface area contributed by atoms with Crippen LogP contribution in [0.3, 0.4) is 0 Å². The van der Waals surface area contributed by atoms with Crippen LogP contribution in [0.2, 0.25) is 0 Å². The predicted molar refractivity (Wildman–Crippen MR) is 65.8 cm³/mol. The van der Waals surface area contributed by atoms with Crippen molar-refractivity contribution in [2.45, 2.75) is 39.7 Å². The third-order valence-corrected chi connectivity index (χ3v) is 3.33. The van der Waals surface area contributed by atoms with Gasteiger partial charge in [0, 0.05) is 19.0 Å². The van der Waals surface area contributed by atoms with Gasteiger partial charge in [0.05, 0.1) is 0 Å². The van der Waals surface area contributed by atoms with E-state index in [0.717, 1.165) is 19.5 Å². The lowest BCUT2D eigenvalue weighted by molar-refractivity contribution is 0.0129. The molecule has 0 radical (unpaired) electrons. The quantitative estimate of drug-likeness (QED) is 0.667. The van der Waals surface area contributed by atoms with Crippen LogP contribution in [-0.4, -0.2) is 35.6 Å². The van der Waals surface area contributed by atoms with Crippen LogP contribution in [0.25, 0.3) is 0 Å². The van der Waals surface area contributed by atoms with Crippen LogP contribution in [-0.2, 0) is 4.74 Å². The molecule has 1 aliphatic heterocycles. The van der Waals surface area contributed by atoms with Gasteiger partial charge in [0.1, 0.15) is 5.60 Å². The largest absolute Gasteiger partial charge is 0.444 e. The highest BCUT2D eigenvalue weighted by atomic mass is 35.5. The van der Waals surface area contributed by atoms with E-state index in [-0.39, 0.29) is 6.09 Å². The second-order valence-electron chi connectivity index (χ2n) is 5.61. The van der Waals surface area contributed by atoms with Gasteiger partial charge in [0.25, 0.3) is 0 Å². The molecule has 2 atom stereocenters. The summed E-state index contributed by atoms with van der Waals surface area (Å²) in [5, 5.41) is 0. The number of halogens is 1. The van der Waals surface area contributed by atoms with Crippen molar-refractivity contribution in [3.63, 3.8) is 0 Å². The van der Waals surface area contributed by atoms with Gasteiger partial charge < -0.3 is 9.64 Å². The van der Waals surface area contributed by atoms with E-state index in [1.807, 2.05) is 20.8 Å². The van der Waals surface area contributed by atoms with Crippen molar-refractivity contribution in [3.8, 4) is 0 Å². The molecule has 1 rings (SSSR count). The standard InChI is InChI=1S/C12H22ClNO2/c1-9-8-14(6-5-10(9)7-13)11(15)16-12(2,3)4/h9-10H,5-8H2,1-4H3. The SMILES string of the molecule is CC1CN(C(=O)OC(C)(C)C)CCC1CCl. The number of hydrogen-bond donors (Lipinski definition) is 0. The Bertz CT molecular complexity index is 250. The summed E-state index contributed by atoms with van der Waals surface area (Å²) in [4.78, 5) is 13.6. The van der Waals surface area contributed by atoms with Gasteiger partial charge in [0.2, 0.25) is 0 Å². The molecule has 0 bridgehead atoms. The molecule has 1 fully saturated rings. The molecular formula is C12H22ClNO2. The van der Waals surface area contributed by atoms with Gasteiger partial charge in [-0.15, -0.1) is 11.6 Å². The molecule has 0 aliphatic carbocycles. The average Bonchev–Trinajstić information content (AvgIpc) is 2.15. The van der Waals surface area contributed by atoms with Crippen molar-refractivity contribution in [2.24, 2.45) is 11.8 Å². The van der Waals surface area contributed by atoms with Crippen LogP contribution in [0.5, 0.6) is 0 Å². The van der Waals surface area contributed by atoms with Gasteiger partial charge in [-0.1, -0.05) is 6.92 Å². The van der Waals surface area contributed by atoms with E-state index in [1.54, 1.807) is 4.90 Å². The fraction of sp³-hybridized carbons (Fsp3) is 0.917. The number of piperidine rings is 1. The molecule has 16 heavy (non-hydrogen) atoms. The molecule has 0 spiro atoms. The summed E-state index contributed by atoms with van der Waals surface area (Å²) >= 11 is 5.87.